The second-order valence-electron chi connectivity index (χ2n) is 6.63. The summed E-state index contributed by atoms with van der Waals surface area (Å²) in [6, 6.07) is 12.8. The average molecular weight is 422 g/mol. The molecular weight excluding hydrogens is 403 g/mol. The molecule has 0 aliphatic rings. The van der Waals surface area contributed by atoms with E-state index in [1.807, 2.05) is 12.1 Å². The van der Waals surface area contributed by atoms with Crippen LogP contribution in [0.4, 0.5) is 10.2 Å². The van der Waals surface area contributed by atoms with Crippen LogP contribution in [0.25, 0.3) is 22.2 Å². The summed E-state index contributed by atoms with van der Waals surface area (Å²) in [5.41, 5.74) is 8.07. The number of ether oxygens (including phenoxy) is 2. The van der Waals surface area contributed by atoms with Crippen LogP contribution in [-0.4, -0.2) is 39.7 Å². The highest BCUT2D eigenvalue weighted by atomic mass is 19.1. The third-order valence-corrected chi connectivity index (χ3v) is 4.71. The molecule has 0 saturated heterocycles. The third-order valence-electron chi connectivity index (χ3n) is 4.71. The zero-order valence-electron chi connectivity index (χ0n) is 16.7. The van der Waals surface area contributed by atoms with Crippen LogP contribution in [0.5, 0.6) is 0 Å². The Bertz CT molecular complexity index is 1300. The number of hydrogen-bond donors (Lipinski definition) is 1. The number of carbonyl (C=O) groups excluding carboxylic acids is 2. The second kappa shape index (κ2) is 8.39. The predicted octanol–water partition coefficient (Wildman–Crippen LogP) is 3.34. The Morgan fingerprint density at radius 3 is 2.39 bits per heavy atom. The lowest BCUT2D eigenvalue weighted by Crippen LogP contribution is -2.15. The van der Waals surface area contributed by atoms with Crippen molar-refractivity contribution in [2.45, 2.75) is 13.5 Å². The van der Waals surface area contributed by atoms with Crippen molar-refractivity contribution in [2.24, 2.45) is 0 Å². The number of fused-ring (bicyclic) bond motifs is 2. The first kappa shape index (κ1) is 20.3. The molecule has 0 aliphatic heterocycles. The molecule has 9 heteroatoms. The number of carbonyl (C=O) groups is 2. The van der Waals surface area contributed by atoms with Crippen molar-refractivity contribution in [1.82, 2.24) is 14.5 Å². The van der Waals surface area contributed by atoms with Gasteiger partial charge in [-0.1, -0.05) is 24.3 Å². The number of hydrogen-bond acceptors (Lipinski definition) is 7. The van der Waals surface area contributed by atoms with E-state index in [4.69, 9.17) is 15.2 Å². The molecule has 2 aromatic carbocycles. The fraction of sp³-hybridized carbons (Fsp3) is 0.182. The summed E-state index contributed by atoms with van der Waals surface area (Å²) in [6.07, 6.45) is 0. The van der Waals surface area contributed by atoms with Crippen molar-refractivity contribution in [1.29, 1.82) is 0 Å². The van der Waals surface area contributed by atoms with Crippen LogP contribution in [0.15, 0.2) is 48.5 Å². The summed E-state index contributed by atoms with van der Waals surface area (Å²) in [7, 11) is 0. The van der Waals surface area contributed by atoms with Crippen LogP contribution in [0.3, 0.4) is 0 Å². The molecule has 0 aliphatic carbocycles. The summed E-state index contributed by atoms with van der Waals surface area (Å²) in [5.74, 6) is -1.97. The number of nitrogens with zero attached hydrogens (tertiary/aromatic N) is 3. The fourth-order valence-corrected chi connectivity index (χ4v) is 3.28. The average Bonchev–Trinajstić information content (AvgIpc) is 3.03. The highest BCUT2D eigenvalue weighted by Crippen LogP contribution is 2.28. The molecule has 0 amide bonds. The highest BCUT2D eigenvalue weighted by molar-refractivity contribution is 6.08. The summed E-state index contributed by atoms with van der Waals surface area (Å²) in [4.78, 5) is 33.8. The van der Waals surface area contributed by atoms with Crippen LogP contribution in [-0.2, 0) is 16.0 Å². The summed E-state index contributed by atoms with van der Waals surface area (Å²) in [6.45, 7) is 1.84. The molecule has 158 valence electrons. The molecule has 31 heavy (non-hydrogen) atoms. The van der Waals surface area contributed by atoms with Crippen molar-refractivity contribution in [2.75, 3.05) is 18.9 Å². The monoisotopic (exact) mass is 422 g/mol. The third kappa shape index (κ3) is 3.77. The van der Waals surface area contributed by atoms with Gasteiger partial charge in [-0.15, -0.1) is 0 Å². The van der Waals surface area contributed by atoms with Crippen molar-refractivity contribution in [3.63, 3.8) is 0 Å². The molecule has 0 radical (unpaired) electrons. The minimum absolute atomic E-state index is 0.0922. The molecule has 2 heterocycles. The maximum absolute atomic E-state index is 13.8. The zero-order chi connectivity index (χ0) is 22.0. The molecule has 0 spiro atoms. The van der Waals surface area contributed by atoms with Gasteiger partial charge < -0.3 is 19.8 Å². The number of anilines is 1. The molecule has 0 bridgehead atoms. The molecule has 4 aromatic rings. The molecule has 0 unspecified atom stereocenters. The first-order chi connectivity index (χ1) is 15.0. The molecule has 2 aromatic heterocycles. The Morgan fingerprint density at radius 1 is 1.00 bits per heavy atom. The molecular formula is C22H19FN4O4. The minimum atomic E-state index is -0.796. The number of nitrogen functional groups attached to an aromatic ring is 1. The maximum atomic E-state index is 13.8. The number of esters is 2. The Hall–Kier alpha value is -4.01. The van der Waals surface area contributed by atoms with Gasteiger partial charge in [-0.25, -0.2) is 23.9 Å². The van der Waals surface area contributed by atoms with Gasteiger partial charge in [-0.05, 0) is 31.2 Å². The van der Waals surface area contributed by atoms with Gasteiger partial charge in [0, 0.05) is 0 Å². The lowest BCUT2D eigenvalue weighted by Gasteiger charge is -2.09. The predicted molar refractivity (Wildman–Crippen MR) is 112 cm³/mol. The second-order valence-corrected chi connectivity index (χ2v) is 6.63. The standard InChI is InChI=1S/C22H19FN4O4/c1-2-30-22(29)17-18-20(26-16-10-6-5-9-15(16)25-18)27(19(17)24)11-12-31-21(28)13-7-3-4-8-14(13)23/h3-10H,2,11-12,24H2,1H3. The normalized spacial score (nSPS) is 11.0. The SMILES string of the molecule is CCOC(=O)c1c(N)n(CCOC(=O)c2ccccc2F)c2nc3ccccc3nc12. The zero-order valence-corrected chi connectivity index (χ0v) is 16.7. The maximum Gasteiger partial charge on any atom is 0.344 e. The van der Waals surface area contributed by atoms with E-state index in [0.29, 0.717) is 22.2 Å². The van der Waals surface area contributed by atoms with Gasteiger partial charge in [0.2, 0.25) is 0 Å². The highest BCUT2D eigenvalue weighted by Gasteiger charge is 2.25. The lowest BCUT2D eigenvalue weighted by molar-refractivity contribution is 0.0483. The van der Waals surface area contributed by atoms with Gasteiger partial charge in [0.05, 0.1) is 29.7 Å². The van der Waals surface area contributed by atoms with Crippen molar-refractivity contribution < 1.29 is 23.5 Å². The van der Waals surface area contributed by atoms with Crippen molar-refractivity contribution in [3.05, 3.63) is 65.5 Å². The van der Waals surface area contributed by atoms with E-state index < -0.39 is 17.8 Å². The number of nitrogens with two attached hydrogens (primary N) is 1. The topological polar surface area (TPSA) is 109 Å². The van der Waals surface area contributed by atoms with Crippen LogP contribution in [0.2, 0.25) is 0 Å². The van der Waals surface area contributed by atoms with Gasteiger partial charge in [0.25, 0.3) is 0 Å². The number of halogens is 1. The van der Waals surface area contributed by atoms with Gasteiger partial charge in [-0.3, -0.25) is 0 Å². The smallest absolute Gasteiger partial charge is 0.344 e. The first-order valence-corrected chi connectivity index (χ1v) is 9.64. The van der Waals surface area contributed by atoms with E-state index in [-0.39, 0.29) is 36.7 Å². The molecule has 0 fully saturated rings. The van der Waals surface area contributed by atoms with Gasteiger partial charge in [0.15, 0.2) is 5.65 Å². The fourth-order valence-electron chi connectivity index (χ4n) is 3.28. The van der Waals surface area contributed by atoms with Crippen LogP contribution in [0, 0.1) is 5.82 Å². The largest absolute Gasteiger partial charge is 0.462 e. The van der Waals surface area contributed by atoms with E-state index in [2.05, 4.69) is 9.97 Å². The summed E-state index contributed by atoms with van der Waals surface area (Å²) in [5, 5.41) is 0. The minimum Gasteiger partial charge on any atom is -0.462 e. The number of para-hydroxylation sites is 2. The van der Waals surface area contributed by atoms with E-state index in [1.54, 1.807) is 25.1 Å². The number of aromatic nitrogens is 3. The lowest BCUT2D eigenvalue weighted by atomic mass is 10.2. The molecule has 4 rings (SSSR count). The Morgan fingerprint density at radius 2 is 1.68 bits per heavy atom. The van der Waals surface area contributed by atoms with Crippen LogP contribution in [0.1, 0.15) is 27.6 Å². The first-order valence-electron chi connectivity index (χ1n) is 9.64. The number of benzene rings is 2. The van der Waals surface area contributed by atoms with Crippen molar-refractivity contribution in [3.8, 4) is 0 Å². The van der Waals surface area contributed by atoms with Gasteiger partial charge >= 0.3 is 11.9 Å². The molecule has 0 saturated carbocycles. The molecule has 2 N–H and O–H groups in total. The molecule has 8 nitrogen and oxygen atoms in total. The van der Waals surface area contributed by atoms with E-state index in [9.17, 15) is 14.0 Å². The number of rotatable bonds is 6. The summed E-state index contributed by atoms with van der Waals surface area (Å²) >= 11 is 0. The summed E-state index contributed by atoms with van der Waals surface area (Å²) < 4.78 is 25.6. The van der Waals surface area contributed by atoms with Crippen LogP contribution < -0.4 is 5.73 Å². The molecule has 0 atom stereocenters. The Kier molecular flexibility index (Phi) is 5.48. The van der Waals surface area contributed by atoms with Crippen LogP contribution >= 0.6 is 0 Å². The Balaban J connectivity index is 1.68. The van der Waals surface area contributed by atoms with Gasteiger partial charge in [-0.2, -0.15) is 0 Å². The van der Waals surface area contributed by atoms with Gasteiger partial charge in [0.1, 0.15) is 29.3 Å². The van der Waals surface area contributed by atoms with E-state index >= 15 is 0 Å². The van der Waals surface area contributed by atoms with E-state index in [0.717, 1.165) is 0 Å². The van der Waals surface area contributed by atoms with Crippen molar-refractivity contribution >= 4 is 40.0 Å². The van der Waals surface area contributed by atoms with E-state index in [1.165, 1.54) is 22.8 Å². The quantitative estimate of drug-likeness (QED) is 0.475. The Labute approximate surface area is 176 Å².